The van der Waals surface area contributed by atoms with E-state index in [0.29, 0.717) is 10.9 Å². The molecule has 3 N–H and O–H groups in total. The monoisotopic (exact) mass is 225 g/mol. The maximum absolute atomic E-state index is 9.42. The van der Waals surface area contributed by atoms with Gasteiger partial charge in [-0.25, -0.2) is 4.98 Å². The second-order valence-corrected chi connectivity index (χ2v) is 3.51. The predicted octanol–water partition coefficient (Wildman–Crippen LogP) is 1.87. The molecule has 0 aliphatic rings. The number of aromatic hydroxyl groups is 1. The molecule has 1 aromatic heterocycles. The predicted molar refractivity (Wildman–Crippen MR) is 65.0 cm³/mol. The third-order valence-corrected chi connectivity index (χ3v) is 2.08. The molecule has 0 fully saturated rings. The van der Waals surface area contributed by atoms with Gasteiger partial charge >= 0.3 is 0 Å². The zero-order valence-corrected chi connectivity index (χ0v) is 9.47. The summed E-state index contributed by atoms with van der Waals surface area (Å²) < 4.78 is 0. The number of thiocarbonyl (C=S) groups is 1. The van der Waals surface area contributed by atoms with E-state index in [4.69, 9.17) is 12.2 Å². The number of unbranched alkanes of at least 4 members (excludes halogenated alkanes) is 1. The third-order valence-electron chi connectivity index (χ3n) is 1.83. The van der Waals surface area contributed by atoms with Crippen molar-refractivity contribution in [2.75, 3.05) is 11.9 Å². The largest absolute Gasteiger partial charge is 0.504 e. The lowest BCUT2D eigenvalue weighted by atomic mass is 10.3. The number of anilines is 1. The first-order chi connectivity index (χ1) is 7.24. The molecule has 0 amide bonds. The van der Waals surface area contributed by atoms with Crippen LogP contribution in [0.15, 0.2) is 18.3 Å². The second kappa shape index (κ2) is 6.19. The van der Waals surface area contributed by atoms with Crippen molar-refractivity contribution < 1.29 is 5.11 Å². The van der Waals surface area contributed by atoms with Crippen molar-refractivity contribution in [2.45, 2.75) is 19.8 Å². The van der Waals surface area contributed by atoms with Crippen LogP contribution in [0.4, 0.5) is 5.82 Å². The molecule has 0 spiro atoms. The zero-order valence-electron chi connectivity index (χ0n) is 8.66. The van der Waals surface area contributed by atoms with Crippen LogP contribution in [-0.2, 0) is 0 Å². The molecule has 1 aromatic rings. The van der Waals surface area contributed by atoms with Gasteiger partial charge in [0.15, 0.2) is 16.7 Å². The summed E-state index contributed by atoms with van der Waals surface area (Å²) in [7, 11) is 0. The highest BCUT2D eigenvalue weighted by Gasteiger charge is 2.02. The first-order valence-electron chi connectivity index (χ1n) is 4.93. The number of aromatic nitrogens is 1. The number of rotatable bonds is 4. The molecule has 0 radical (unpaired) electrons. The molecule has 0 aliphatic carbocycles. The molecule has 1 heterocycles. The number of pyridine rings is 1. The van der Waals surface area contributed by atoms with Gasteiger partial charge in [0.2, 0.25) is 0 Å². The average molecular weight is 225 g/mol. The fourth-order valence-electron chi connectivity index (χ4n) is 1.02. The maximum Gasteiger partial charge on any atom is 0.174 e. The summed E-state index contributed by atoms with van der Waals surface area (Å²) in [5, 5.41) is 15.8. The molecule has 82 valence electrons. The van der Waals surface area contributed by atoms with E-state index in [9.17, 15) is 5.11 Å². The standard InChI is InChI=1S/C10H15N3OS/c1-2-3-6-12-10(15)13-9-8(14)5-4-7-11-9/h4-5,7,14H,2-3,6H2,1H3,(H2,11,12,13,15). The molecule has 1 rings (SSSR count). The zero-order chi connectivity index (χ0) is 11.1. The Hall–Kier alpha value is -1.36. The van der Waals surface area contributed by atoms with Gasteiger partial charge in [0.05, 0.1) is 0 Å². The van der Waals surface area contributed by atoms with E-state index in [1.165, 1.54) is 0 Å². The molecule has 4 nitrogen and oxygen atoms in total. The van der Waals surface area contributed by atoms with Crippen molar-refractivity contribution in [1.82, 2.24) is 10.3 Å². The van der Waals surface area contributed by atoms with Gasteiger partial charge in [0.25, 0.3) is 0 Å². The van der Waals surface area contributed by atoms with Gasteiger partial charge in [-0.2, -0.15) is 0 Å². The Labute approximate surface area is 94.7 Å². The quantitative estimate of drug-likeness (QED) is 0.539. The first-order valence-corrected chi connectivity index (χ1v) is 5.33. The lowest BCUT2D eigenvalue weighted by Gasteiger charge is -2.09. The minimum absolute atomic E-state index is 0.0946. The molecule has 0 unspecified atom stereocenters. The summed E-state index contributed by atoms with van der Waals surface area (Å²) in [4.78, 5) is 3.96. The van der Waals surface area contributed by atoms with Crippen molar-refractivity contribution in [3.63, 3.8) is 0 Å². The third kappa shape index (κ3) is 4.12. The smallest absolute Gasteiger partial charge is 0.174 e. The Morgan fingerprint density at radius 1 is 1.60 bits per heavy atom. The average Bonchev–Trinajstić information content (AvgIpc) is 2.22. The van der Waals surface area contributed by atoms with Gasteiger partial charge in [-0.1, -0.05) is 13.3 Å². The van der Waals surface area contributed by atoms with E-state index in [2.05, 4.69) is 22.5 Å². The maximum atomic E-state index is 9.42. The van der Waals surface area contributed by atoms with Crippen molar-refractivity contribution in [3.05, 3.63) is 18.3 Å². The van der Waals surface area contributed by atoms with Gasteiger partial charge in [-0.3, -0.25) is 0 Å². The van der Waals surface area contributed by atoms with E-state index in [0.717, 1.165) is 19.4 Å². The van der Waals surface area contributed by atoms with Crippen LogP contribution < -0.4 is 10.6 Å². The Balaban J connectivity index is 2.41. The molecule has 0 aliphatic heterocycles. The molecule has 0 aromatic carbocycles. The summed E-state index contributed by atoms with van der Waals surface area (Å²) in [6.45, 7) is 2.94. The van der Waals surface area contributed by atoms with Crippen LogP contribution in [0.1, 0.15) is 19.8 Å². The molecular weight excluding hydrogens is 210 g/mol. The van der Waals surface area contributed by atoms with E-state index in [1.807, 2.05) is 0 Å². The van der Waals surface area contributed by atoms with Crippen molar-refractivity contribution >= 4 is 23.1 Å². The Morgan fingerprint density at radius 3 is 3.07 bits per heavy atom. The summed E-state index contributed by atoms with van der Waals surface area (Å²) in [5.41, 5.74) is 0. The van der Waals surface area contributed by atoms with Crippen molar-refractivity contribution in [1.29, 1.82) is 0 Å². The first kappa shape index (κ1) is 11.7. The van der Waals surface area contributed by atoms with E-state index in [1.54, 1.807) is 18.3 Å². The summed E-state index contributed by atoms with van der Waals surface area (Å²) in [6, 6.07) is 3.22. The highest BCUT2D eigenvalue weighted by atomic mass is 32.1. The van der Waals surface area contributed by atoms with Gasteiger partial charge < -0.3 is 15.7 Å². The number of hydrogen-bond acceptors (Lipinski definition) is 3. The van der Waals surface area contributed by atoms with Crippen LogP contribution >= 0.6 is 12.2 Å². The lowest BCUT2D eigenvalue weighted by Crippen LogP contribution is -2.29. The van der Waals surface area contributed by atoms with Gasteiger partial charge in [0.1, 0.15) is 0 Å². The molecule has 0 atom stereocenters. The molecule has 0 saturated carbocycles. The summed E-state index contributed by atoms with van der Waals surface area (Å²) in [6.07, 6.45) is 3.77. The minimum atomic E-state index is 0.0946. The Kier molecular flexibility index (Phi) is 4.83. The lowest BCUT2D eigenvalue weighted by molar-refractivity contribution is 0.475. The fraction of sp³-hybridized carbons (Fsp3) is 0.400. The molecule has 0 bridgehead atoms. The second-order valence-electron chi connectivity index (χ2n) is 3.11. The van der Waals surface area contributed by atoms with E-state index in [-0.39, 0.29) is 5.75 Å². The molecular formula is C10H15N3OS. The molecule has 15 heavy (non-hydrogen) atoms. The number of nitrogens with zero attached hydrogens (tertiary/aromatic N) is 1. The SMILES string of the molecule is CCCCNC(=S)Nc1ncccc1O. The fourth-order valence-corrected chi connectivity index (χ4v) is 1.22. The highest BCUT2D eigenvalue weighted by molar-refractivity contribution is 7.80. The topological polar surface area (TPSA) is 57.2 Å². The molecule has 5 heteroatoms. The summed E-state index contributed by atoms with van der Waals surface area (Å²) >= 11 is 5.04. The van der Waals surface area contributed by atoms with Crippen LogP contribution in [0.25, 0.3) is 0 Å². The van der Waals surface area contributed by atoms with Crippen molar-refractivity contribution in [3.8, 4) is 5.75 Å². The summed E-state index contributed by atoms with van der Waals surface area (Å²) in [5.74, 6) is 0.476. The Bertz CT molecular complexity index is 330. The Morgan fingerprint density at radius 2 is 2.40 bits per heavy atom. The normalized spacial score (nSPS) is 9.67. The minimum Gasteiger partial charge on any atom is -0.504 e. The highest BCUT2D eigenvalue weighted by Crippen LogP contribution is 2.17. The van der Waals surface area contributed by atoms with Gasteiger partial charge in [-0.15, -0.1) is 0 Å². The van der Waals surface area contributed by atoms with Crippen LogP contribution in [0.5, 0.6) is 5.75 Å². The van der Waals surface area contributed by atoms with Gasteiger partial charge in [-0.05, 0) is 30.8 Å². The van der Waals surface area contributed by atoms with Gasteiger partial charge in [0, 0.05) is 12.7 Å². The van der Waals surface area contributed by atoms with Crippen LogP contribution in [0.3, 0.4) is 0 Å². The number of nitrogens with one attached hydrogen (secondary N) is 2. The van der Waals surface area contributed by atoms with E-state index >= 15 is 0 Å². The molecule has 0 saturated heterocycles. The van der Waals surface area contributed by atoms with Crippen LogP contribution in [0.2, 0.25) is 0 Å². The van der Waals surface area contributed by atoms with Crippen molar-refractivity contribution in [2.24, 2.45) is 0 Å². The van der Waals surface area contributed by atoms with Crippen LogP contribution in [-0.4, -0.2) is 21.7 Å². The van der Waals surface area contributed by atoms with Crippen LogP contribution in [0, 0.1) is 0 Å². The number of hydrogen-bond donors (Lipinski definition) is 3. The van der Waals surface area contributed by atoms with E-state index < -0.39 is 0 Å².